The number of aldehydes is 1. The van der Waals surface area contributed by atoms with Crippen LogP contribution in [0.2, 0.25) is 0 Å². The molecule has 1 saturated carbocycles. The van der Waals surface area contributed by atoms with Crippen LogP contribution in [0.25, 0.3) is 0 Å². The van der Waals surface area contributed by atoms with Crippen molar-refractivity contribution >= 4 is 6.29 Å². The van der Waals surface area contributed by atoms with Crippen molar-refractivity contribution in [1.82, 2.24) is 10.2 Å². The molecule has 0 radical (unpaired) electrons. The number of rotatable bonds is 4. The molecule has 1 aromatic rings. The van der Waals surface area contributed by atoms with Crippen molar-refractivity contribution in [3.05, 3.63) is 24.0 Å². The average Bonchev–Trinajstić information content (AvgIpc) is 2.97. The first kappa shape index (κ1) is 8.35. The lowest BCUT2D eigenvalue weighted by atomic mass is 10.0. The van der Waals surface area contributed by atoms with Gasteiger partial charge in [-0.15, -0.1) is 0 Å². The predicted molar refractivity (Wildman–Crippen MR) is 48.1 cm³/mol. The Labute approximate surface area is 77.2 Å². The summed E-state index contributed by atoms with van der Waals surface area (Å²) in [6, 6.07) is 3.83. The molecule has 1 aliphatic rings. The summed E-state index contributed by atoms with van der Waals surface area (Å²) in [7, 11) is 0. The van der Waals surface area contributed by atoms with Gasteiger partial charge in [0.25, 0.3) is 0 Å². The van der Waals surface area contributed by atoms with Crippen LogP contribution in [0.3, 0.4) is 0 Å². The zero-order valence-corrected chi connectivity index (χ0v) is 7.44. The van der Waals surface area contributed by atoms with Gasteiger partial charge in [0, 0.05) is 11.6 Å². The molecule has 68 valence electrons. The number of carbonyl (C=O) groups is 1. The highest BCUT2D eigenvalue weighted by Crippen LogP contribution is 2.47. The fraction of sp³-hybridized carbons (Fsp3) is 0.500. The second-order valence-corrected chi connectivity index (χ2v) is 3.70. The Morgan fingerprint density at radius 1 is 1.54 bits per heavy atom. The standard InChI is InChI=1S/C10H12N2O/c13-8-10(5-6-10)4-3-9-2-1-7-11-12-9/h1-2,7-8H,3-6H2. The van der Waals surface area contributed by atoms with Gasteiger partial charge >= 0.3 is 0 Å². The van der Waals surface area contributed by atoms with Crippen molar-refractivity contribution < 1.29 is 4.79 Å². The minimum absolute atomic E-state index is 0.00246. The van der Waals surface area contributed by atoms with E-state index in [0.29, 0.717) is 0 Å². The molecule has 0 atom stereocenters. The fourth-order valence-corrected chi connectivity index (χ4v) is 1.43. The van der Waals surface area contributed by atoms with E-state index in [2.05, 4.69) is 10.2 Å². The molecule has 1 fully saturated rings. The number of hydrogen-bond donors (Lipinski definition) is 0. The van der Waals surface area contributed by atoms with Crippen LogP contribution in [0.1, 0.15) is 25.0 Å². The number of hydrogen-bond acceptors (Lipinski definition) is 3. The highest BCUT2D eigenvalue weighted by molar-refractivity contribution is 5.63. The summed E-state index contributed by atoms with van der Waals surface area (Å²) >= 11 is 0. The van der Waals surface area contributed by atoms with Crippen LogP contribution in [0.15, 0.2) is 18.3 Å². The van der Waals surface area contributed by atoms with E-state index in [1.165, 1.54) is 0 Å². The van der Waals surface area contributed by atoms with Crippen LogP contribution in [0.5, 0.6) is 0 Å². The van der Waals surface area contributed by atoms with Crippen molar-refractivity contribution in [2.45, 2.75) is 25.7 Å². The predicted octanol–water partition coefficient (Wildman–Crippen LogP) is 1.39. The molecule has 13 heavy (non-hydrogen) atoms. The molecule has 0 aromatic carbocycles. The maximum absolute atomic E-state index is 10.7. The Bertz CT molecular complexity index is 293. The van der Waals surface area contributed by atoms with Gasteiger partial charge in [-0.3, -0.25) is 0 Å². The lowest BCUT2D eigenvalue weighted by molar-refractivity contribution is -0.112. The minimum Gasteiger partial charge on any atom is -0.303 e. The third kappa shape index (κ3) is 1.91. The highest BCUT2D eigenvalue weighted by atomic mass is 16.1. The lowest BCUT2D eigenvalue weighted by Crippen LogP contribution is -2.04. The van der Waals surface area contributed by atoms with Crippen molar-refractivity contribution in [1.29, 1.82) is 0 Å². The molecule has 1 aromatic heterocycles. The summed E-state index contributed by atoms with van der Waals surface area (Å²) in [5, 5.41) is 7.77. The maximum atomic E-state index is 10.7. The molecule has 0 unspecified atom stereocenters. The molecule has 1 heterocycles. The molecule has 0 spiro atoms. The van der Waals surface area contributed by atoms with Crippen LogP contribution in [-0.4, -0.2) is 16.5 Å². The van der Waals surface area contributed by atoms with Gasteiger partial charge < -0.3 is 4.79 Å². The Kier molecular flexibility index (Phi) is 2.08. The zero-order chi connectivity index (χ0) is 9.15. The average molecular weight is 176 g/mol. The fourth-order valence-electron chi connectivity index (χ4n) is 1.43. The zero-order valence-electron chi connectivity index (χ0n) is 7.44. The molecular formula is C10H12N2O. The summed E-state index contributed by atoms with van der Waals surface area (Å²) < 4.78 is 0. The first-order valence-corrected chi connectivity index (χ1v) is 4.58. The smallest absolute Gasteiger partial charge is 0.126 e. The van der Waals surface area contributed by atoms with Gasteiger partial charge in [-0.05, 0) is 37.8 Å². The molecule has 3 heteroatoms. The third-order valence-corrected chi connectivity index (χ3v) is 2.65. The topological polar surface area (TPSA) is 42.9 Å². The van der Waals surface area contributed by atoms with Gasteiger partial charge in [-0.2, -0.15) is 10.2 Å². The van der Waals surface area contributed by atoms with Crippen molar-refractivity contribution in [2.75, 3.05) is 0 Å². The molecule has 0 bridgehead atoms. The van der Waals surface area contributed by atoms with Crippen LogP contribution in [0.4, 0.5) is 0 Å². The molecule has 0 saturated heterocycles. The summed E-state index contributed by atoms with van der Waals surface area (Å²) in [5.74, 6) is 0. The number of aryl methyl sites for hydroxylation is 1. The van der Waals surface area contributed by atoms with Crippen LogP contribution >= 0.6 is 0 Å². The Morgan fingerprint density at radius 2 is 2.38 bits per heavy atom. The van der Waals surface area contributed by atoms with Gasteiger partial charge in [0.1, 0.15) is 6.29 Å². The Hall–Kier alpha value is -1.25. The van der Waals surface area contributed by atoms with E-state index in [0.717, 1.165) is 37.7 Å². The van der Waals surface area contributed by atoms with Gasteiger partial charge in [-0.1, -0.05) is 0 Å². The summed E-state index contributed by atoms with van der Waals surface area (Å²) in [5.41, 5.74) is 0.980. The number of aromatic nitrogens is 2. The van der Waals surface area contributed by atoms with Crippen LogP contribution in [-0.2, 0) is 11.2 Å². The van der Waals surface area contributed by atoms with E-state index in [-0.39, 0.29) is 5.41 Å². The third-order valence-electron chi connectivity index (χ3n) is 2.65. The molecule has 0 aliphatic heterocycles. The molecule has 2 rings (SSSR count). The second-order valence-electron chi connectivity index (χ2n) is 3.70. The minimum atomic E-state index is -0.00246. The van der Waals surface area contributed by atoms with E-state index >= 15 is 0 Å². The number of carbonyl (C=O) groups excluding carboxylic acids is 1. The van der Waals surface area contributed by atoms with Crippen molar-refractivity contribution in [2.24, 2.45) is 5.41 Å². The molecule has 0 amide bonds. The van der Waals surface area contributed by atoms with E-state index in [4.69, 9.17) is 0 Å². The molecule has 3 nitrogen and oxygen atoms in total. The van der Waals surface area contributed by atoms with Crippen molar-refractivity contribution in [3.63, 3.8) is 0 Å². The Morgan fingerprint density at radius 3 is 2.92 bits per heavy atom. The summed E-state index contributed by atoms with van der Waals surface area (Å²) in [4.78, 5) is 10.7. The quantitative estimate of drug-likeness (QED) is 0.651. The second kappa shape index (κ2) is 3.24. The van der Waals surface area contributed by atoms with E-state index in [1.54, 1.807) is 6.20 Å². The lowest BCUT2D eigenvalue weighted by Gasteiger charge is -2.04. The normalized spacial score (nSPS) is 18.2. The van der Waals surface area contributed by atoms with Gasteiger partial charge in [0.15, 0.2) is 0 Å². The van der Waals surface area contributed by atoms with Gasteiger partial charge in [0.2, 0.25) is 0 Å². The Balaban J connectivity index is 1.90. The molecular weight excluding hydrogens is 164 g/mol. The van der Waals surface area contributed by atoms with E-state index in [9.17, 15) is 4.79 Å². The maximum Gasteiger partial charge on any atom is 0.126 e. The van der Waals surface area contributed by atoms with Gasteiger partial charge in [0.05, 0.1) is 5.69 Å². The first-order chi connectivity index (χ1) is 6.35. The summed E-state index contributed by atoms with van der Waals surface area (Å²) in [6.45, 7) is 0. The molecule has 0 N–H and O–H groups in total. The first-order valence-electron chi connectivity index (χ1n) is 4.58. The van der Waals surface area contributed by atoms with E-state index < -0.39 is 0 Å². The largest absolute Gasteiger partial charge is 0.303 e. The van der Waals surface area contributed by atoms with E-state index in [1.807, 2.05) is 12.1 Å². The van der Waals surface area contributed by atoms with Crippen molar-refractivity contribution in [3.8, 4) is 0 Å². The number of nitrogens with zero attached hydrogens (tertiary/aromatic N) is 2. The molecule has 1 aliphatic carbocycles. The van der Waals surface area contributed by atoms with Crippen LogP contribution < -0.4 is 0 Å². The summed E-state index contributed by atoms with van der Waals surface area (Å²) in [6.07, 6.45) is 6.66. The monoisotopic (exact) mass is 176 g/mol. The van der Waals surface area contributed by atoms with Crippen LogP contribution in [0, 0.1) is 5.41 Å². The highest BCUT2D eigenvalue weighted by Gasteiger charge is 2.41. The van der Waals surface area contributed by atoms with Gasteiger partial charge in [-0.25, -0.2) is 0 Å². The SMILES string of the molecule is O=CC1(CCc2cccnn2)CC1.